The summed E-state index contributed by atoms with van der Waals surface area (Å²) in [6.45, 7) is 0. The molecule has 1 aliphatic heterocycles. The number of H-pyrrole nitrogens is 1. The third-order valence-electron chi connectivity index (χ3n) is 5.32. The average Bonchev–Trinajstić information content (AvgIpc) is 3.19. The van der Waals surface area contributed by atoms with E-state index in [1.165, 1.54) is 45.4 Å². The zero-order valence-electron chi connectivity index (χ0n) is 10.9. The third-order valence-corrected chi connectivity index (χ3v) is 8.89. The lowest BCUT2D eigenvalue weighted by Gasteiger charge is -2.39. The van der Waals surface area contributed by atoms with E-state index in [-0.39, 0.29) is 4.87 Å². The van der Waals surface area contributed by atoms with Crippen LogP contribution in [0.2, 0.25) is 0 Å². The monoisotopic (exact) mass is 321 g/mol. The van der Waals surface area contributed by atoms with Gasteiger partial charge in [-0.3, -0.25) is 4.79 Å². The highest BCUT2D eigenvalue weighted by Gasteiger charge is 2.54. The highest BCUT2D eigenvalue weighted by molar-refractivity contribution is 8.00. The van der Waals surface area contributed by atoms with Crippen molar-refractivity contribution in [2.45, 2.75) is 35.5 Å². The Labute approximate surface area is 129 Å². The maximum atomic E-state index is 11.8. The fourth-order valence-corrected chi connectivity index (χ4v) is 8.49. The molecule has 104 valence electrons. The van der Waals surface area contributed by atoms with Crippen LogP contribution in [-0.4, -0.2) is 10.2 Å². The SMILES string of the molecule is O=c1[nH]c2c(s1)[C@@H](c1cccs1)[C@H]1[C@@H]3CC[C@@H](C3)[C@@H]1S2. The molecule has 5 rings (SSSR count). The standard InChI is InChI=1S/C15H15NOS3/c17-15-16-14-13(20-15)11(9-2-1-5-18-9)10-7-3-4-8(6-7)12(10)19-14/h1-2,5,7-8,10-12H,3-4,6H2,(H,16,17)/t7-,8+,10-,11+,12+/m1/s1. The van der Waals surface area contributed by atoms with E-state index in [1.54, 1.807) is 0 Å². The molecule has 20 heavy (non-hydrogen) atoms. The second-order valence-electron chi connectivity index (χ2n) is 6.19. The number of nitrogens with one attached hydrogen (secondary N) is 1. The van der Waals surface area contributed by atoms with Crippen LogP contribution in [0.5, 0.6) is 0 Å². The number of aromatic nitrogens is 1. The molecular formula is C15H15NOS3. The van der Waals surface area contributed by atoms with Crippen molar-refractivity contribution in [2.75, 3.05) is 0 Å². The van der Waals surface area contributed by atoms with Gasteiger partial charge in [0.1, 0.15) is 0 Å². The van der Waals surface area contributed by atoms with Gasteiger partial charge in [-0.05, 0) is 48.5 Å². The minimum absolute atomic E-state index is 0.122. The molecule has 0 unspecified atom stereocenters. The zero-order valence-corrected chi connectivity index (χ0v) is 13.3. The van der Waals surface area contributed by atoms with Crippen molar-refractivity contribution in [2.24, 2.45) is 17.8 Å². The van der Waals surface area contributed by atoms with E-state index < -0.39 is 0 Å². The minimum atomic E-state index is 0.122. The van der Waals surface area contributed by atoms with Gasteiger partial charge in [0, 0.05) is 20.9 Å². The van der Waals surface area contributed by atoms with E-state index in [0.717, 1.165) is 23.0 Å². The van der Waals surface area contributed by atoms with E-state index >= 15 is 0 Å². The van der Waals surface area contributed by atoms with Crippen LogP contribution >= 0.6 is 34.4 Å². The van der Waals surface area contributed by atoms with Crippen molar-refractivity contribution in [1.82, 2.24) is 4.98 Å². The van der Waals surface area contributed by atoms with Crippen LogP contribution < -0.4 is 4.87 Å². The molecule has 5 atom stereocenters. The topological polar surface area (TPSA) is 32.9 Å². The lowest BCUT2D eigenvalue weighted by atomic mass is 9.77. The van der Waals surface area contributed by atoms with Gasteiger partial charge >= 0.3 is 4.87 Å². The number of thiophene rings is 1. The van der Waals surface area contributed by atoms with Gasteiger partial charge in [0.2, 0.25) is 0 Å². The predicted octanol–water partition coefficient (Wildman–Crippen LogP) is 4.15. The van der Waals surface area contributed by atoms with E-state index in [4.69, 9.17) is 0 Å². The lowest BCUT2D eigenvalue weighted by Crippen LogP contribution is -2.33. The number of aromatic amines is 1. The molecule has 0 radical (unpaired) electrons. The fourth-order valence-electron chi connectivity index (χ4n) is 4.64. The van der Waals surface area contributed by atoms with Crippen molar-refractivity contribution in [3.8, 4) is 0 Å². The number of hydrogen-bond acceptors (Lipinski definition) is 4. The largest absolute Gasteiger partial charge is 0.307 e. The number of thiazole rings is 1. The summed E-state index contributed by atoms with van der Waals surface area (Å²) in [6, 6.07) is 4.42. The molecular weight excluding hydrogens is 306 g/mol. The molecule has 0 spiro atoms. The molecule has 0 amide bonds. The fraction of sp³-hybridized carbons (Fsp3) is 0.533. The lowest BCUT2D eigenvalue weighted by molar-refractivity contribution is 0.310. The Balaban J connectivity index is 1.71. The van der Waals surface area contributed by atoms with Crippen LogP contribution in [0.4, 0.5) is 0 Å². The van der Waals surface area contributed by atoms with Crippen LogP contribution in [0.3, 0.4) is 0 Å². The zero-order chi connectivity index (χ0) is 13.3. The normalized spacial score (nSPS) is 37.9. The molecule has 2 aromatic rings. The Hall–Kier alpha value is -0.520. The predicted molar refractivity (Wildman–Crippen MR) is 85.1 cm³/mol. The van der Waals surface area contributed by atoms with Gasteiger partial charge < -0.3 is 4.98 Å². The van der Waals surface area contributed by atoms with Crippen LogP contribution in [0, 0.1) is 17.8 Å². The molecule has 5 heteroatoms. The van der Waals surface area contributed by atoms with Crippen molar-refractivity contribution in [3.63, 3.8) is 0 Å². The number of hydrogen-bond donors (Lipinski definition) is 1. The summed E-state index contributed by atoms with van der Waals surface area (Å²) in [6.07, 6.45) is 4.23. The van der Waals surface area contributed by atoms with Gasteiger partial charge in [-0.1, -0.05) is 17.4 Å². The first-order chi connectivity index (χ1) is 9.81. The maximum Gasteiger partial charge on any atom is 0.305 e. The summed E-state index contributed by atoms with van der Waals surface area (Å²) in [4.78, 5) is 17.8. The molecule has 2 aromatic heterocycles. The van der Waals surface area contributed by atoms with Gasteiger partial charge in [0.15, 0.2) is 0 Å². The second-order valence-corrected chi connectivity index (χ2v) is 9.38. The van der Waals surface area contributed by atoms with Crippen molar-refractivity contribution < 1.29 is 0 Å². The number of thioether (sulfide) groups is 1. The summed E-state index contributed by atoms with van der Waals surface area (Å²) in [5.74, 6) is 3.01. The molecule has 2 bridgehead atoms. The quantitative estimate of drug-likeness (QED) is 0.856. The van der Waals surface area contributed by atoms with Crippen molar-refractivity contribution in [1.29, 1.82) is 0 Å². The Kier molecular flexibility index (Phi) is 2.56. The highest BCUT2D eigenvalue weighted by Crippen LogP contribution is 2.63. The van der Waals surface area contributed by atoms with E-state index in [2.05, 4.69) is 22.5 Å². The molecule has 1 N–H and O–H groups in total. The summed E-state index contributed by atoms with van der Waals surface area (Å²) < 4.78 is 0. The Morgan fingerprint density at radius 3 is 3.00 bits per heavy atom. The summed E-state index contributed by atoms with van der Waals surface area (Å²) in [5, 5.41) is 4.08. The average molecular weight is 321 g/mol. The molecule has 2 nitrogen and oxygen atoms in total. The molecule has 3 heterocycles. The van der Waals surface area contributed by atoms with Gasteiger partial charge in [0.05, 0.1) is 5.03 Å². The first kappa shape index (κ1) is 12.1. The number of rotatable bonds is 1. The molecule has 2 aliphatic carbocycles. The van der Waals surface area contributed by atoms with Crippen molar-refractivity contribution in [3.05, 3.63) is 36.9 Å². The van der Waals surface area contributed by atoms with E-state index in [0.29, 0.717) is 5.92 Å². The summed E-state index contributed by atoms with van der Waals surface area (Å²) in [7, 11) is 0. The van der Waals surface area contributed by atoms with Gasteiger partial charge in [0.25, 0.3) is 0 Å². The molecule has 2 fully saturated rings. The molecule has 2 saturated carbocycles. The maximum absolute atomic E-state index is 11.8. The van der Waals surface area contributed by atoms with Crippen LogP contribution in [0.15, 0.2) is 27.3 Å². The first-order valence-corrected chi connectivity index (χ1v) is 9.82. The minimum Gasteiger partial charge on any atom is -0.307 e. The summed E-state index contributed by atoms with van der Waals surface area (Å²) >= 11 is 5.28. The van der Waals surface area contributed by atoms with Crippen LogP contribution in [0.1, 0.15) is 34.9 Å². The Morgan fingerprint density at radius 2 is 2.15 bits per heavy atom. The van der Waals surface area contributed by atoms with E-state index in [1.807, 2.05) is 23.1 Å². The van der Waals surface area contributed by atoms with Gasteiger partial charge in [-0.2, -0.15) is 0 Å². The summed E-state index contributed by atoms with van der Waals surface area (Å²) in [5.41, 5.74) is 0. The van der Waals surface area contributed by atoms with Crippen LogP contribution in [-0.2, 0) is 0 Å². The van der Waals surface area contributed by atoms with E-state index in [9.17, 15) is 4.79 Å². The first-order valence-electron chi connectivity index (χ1n) is 7.24. The Bertz CT molecular complexity index is 701. The number of fused-ring (bicyclic) bond motifs is 6. The van der Waals surface area contributed by atoms with Gasteiger partial charge in [-0.25, -0.2) is 0 Å². The second kappa shape index (κ2) is 4.24. The van der Waals surface area contributed by atoms with Crippen LogP contribution in [0.25, 0.3) is 0 Å². The smallest absolute Gasteiger partial charge is 0.305 e. The highest BCUT2D eigenvalue weighted by atomic mass is 32.2. The molecule has 0 aromatic carbocycles. The third kappa shape index (κ3) is 1.54. The molecule has 3 aliphatic rings. The van der Waals surface area contributed by atoms with Gasteiger partial charge in [-0.15, -0.1) is 23.1 Å². The molecule has 0 saturated heterocycles. The Morgan fingerprint density at radius 1 is 1.25 bits per heavy atom. The van der Waals surface area contributed by atoms with Crippen molar-refractivity contribution >= 4 is 34.4 Å².